The maximum absolute atomic E-state index is 10.9. The van der Waals surface area contributed by atoms with Gasteiger partial charge in [0.05, 0.1) is 6.04 Å². The standard InChI is InChI=1S/C12H24N2O/c1-3-10-5-4-6-11(7-10)8-14-9(2)12(13)15/h9-11,14H,3-8H2,1-2H3,(H2,13,15)/t9-,10?,11?/m0/s1. The second kappa shape index (κ2) is 6.11. The van der Waals surface area contributed by atoms with Gasteiger partial charge in [-0.15, -0.1) is 0 Å². The van der Waals surface area contributed by atoms with E-state index in [1.54, 1.807) is 0 Å². The van der Waals surface area contributed by atoms with Gasteiger partial charge < -0.3 is 11.1 Å². The molecule has 0 bridgehead atoms. The van der Waals surface area contributed by atoms with Crippen LogP contribution in [0.5, 0.6) is 0 Å². The number of hydrogen-bond acceptors (Lipinski definition) is 2. The Morgan fingerprint density at radius 1 is 1.47 bits per heavy atom. The first kappa shape index (κ1) is 12.5. The molecule has 0 radical (unpaired) electrons. The van der Waals surface area contributed by atoms with Gasteiger partial charge in [-0.25, -0.2) is 0 Å². The molecule has 0 saturated heterocycles. The van der Waals surface area contributed by atoms with Crippen LogP contribution in [0.15, 0.2) is 0 Å². The first-order valence-corrected chi connectivity index (χ1v) is 6.16. The lowest BCUT2D eigenvalue weighted by Crippen LogP contribution is -2.41. The topological polar surface area (TPSA) is 55.1 Å². The third-order valence-corrected chi connectivity index (χ3v) is 3.61. The van der Waals surface area contributed by atoms with Crippen LogP contribution in [0.3, 0.4) is 0 Å². The zero-order valence-corrected chi connectivity index (χ0v) is 9.96. The molecule has 2 unspecified atom stereocenters. The molecule has 1 aliphatic rings. The molecule has 1 fully saturated rings. The minimum atomic E-state index is -0.252. The fourth-order valence-corrected chi connectivity index (χ4v) is 2.40. The average Bonchev–Trinajstić information content (AvgIpc) is 2.26. The molecule has 1 rings (SSSR count). The van der Waals surface area contributed by atoms with Gasteiger partial charge in [-0.05, 0) is 38.1 Å². The van der Waals surface area contributed by atoms with Gasteiger partial charge in [-0.3, -0.25) is 4.79 Å². The van der Waals surface area contributed by atoms with E-state index < -0.39 is 0 Å². The zero-order chi connectivity index (χ0) is 11.3. The molecule has 0 heterocycles. The average molecular weight is 212 g/mol. The normalized spacial score (nSPS) is 28.7. The van der Waals surface area contributed by atoms with E-state index >= 15 is 0 Å². The maximum atomic E-state index is 10.9. The van der Waals surface area contributed by atoms with Gasteiger partial charge in [0.2, 0.25) is 5.91 Å². The molecule has 1 saturated carbocycles. The van der Waals surface area contributed by atoms with E-state index in [-0.39, 0.29) is 11.9 Å². The Bertz CT molecular complexity index is 206. The van der Waals surface area contributed by atoms with Crippen molar-refractivity contribution in [1.29, 1.82) is 0 Å². The van der Waals surface area contributed by atoms with Gasteiger partial charge in [-0.1, -0.05) is 26.2 Å². The van der Waals surface area contributed by atoms with Crippen molar-refractivity contribution < 1.29 is 4.79 Å². The monoisotopic (exact) mass is 212 g/mol. The third kappa shape index (κ3) is 4.20. The van der Waals surface area contributed by atoms with Crippen molar-refractivity contribution in [3.8, 4) is 0 Å². The zero-order valence-electron chi connectivity index (χ0n) is 9.96. The van der Waals surface area contributed by atoms with E-state index in [0.717, 1.165) is 18.4 Å². The molecule has 0 aromatic carbocycles. The smallest absolute Gasteiger partial charge is 0.234 e. The molecule has 0 aliphatic heterocycles. The van der Waals surface area contributed by atoms with Gasteiger partial charge in [0.1, 0.15) is 0 Å². The Hall–Kier alpha value is -0.570. The van der Waals surface area contributed by atoms with Crippen molar-refractivity contribution in [2.24, 2.45) is 17.6 Å². The molecule has 3 atom stereocenters. The summed E-state index contributed by atoms with van der Waals surface area (Å²) in [4.78, 5) is 10.9. The maximum Gasteiger partial charge on any atom is 0.234 e. The van der Waals surface area contributed by atoms with Gasteiger partial charge in [0.25, 0.3) is 0 Å². The highest BCUT2D eigenvalue weighted by Crippen LogP contribution is 2.30. The highest BCUT2D eigenvalue weighted by atomic mass is 16.1. The van der Waals surface area contributed by atoms with E-state index in [2.05, 4.69) is 12.2 Å². The van der Waals surface area contributed by atoms with E-state index in [9.17, 15) is 4.79 Å². The molecule has 1 amide bonds. The lowest BCUT2D eigenvalue weighted by atomic mass is 9.80. The van der Waals surface area contributed by atoms with Crippen molar-refractivity contribution in [3.63, 3.8) is 0 Å². The molecular weight excluding hydrogens is 188 g/mol. The SMILES string of the molecule is CCC1CCCC(CN[C@@H](C)C(N)=O)C1. The van der Waals surface area contributed by atoms with Gasteiger partial charge in [-0.2, -0.15) is 0 Å². The first-order chi connectivity index (χ1) is 7.13. The summed E-state index contributed by atoms with van der Waals surface area (Å²) in [5.41, 5.74) is 5.20. The summed E-state index contributed by atoms with van der Waals surface area (Å²) in [6.45, 7) is 5.05. The Morgan fingerprint density at radius 2 is 2.13 bits per heavy atom. The largest absolute Gasteiger partial charge is 0.368 e. The van der Waals surface area contributed by atoms with E-state index in [0.29, 0.717) is 0 Å². The van der Waals surface area contributed by atoms with Crippen LogP contribution in [0.25, 0.3) is 0 Å². The highest BCUT2D eigenvalue weighted by Gasteiger charge is 2.21. The summed E-state index contributed by atoms with van der Waals surface area (Å²) in [5, 5.41) is 3.22. The third-order valence-electron chi connectivity index (χ3n) is 3.61. The van der Waals surface area contributed by atoms with Gasteiger partial charge >= 0.3 is 0 Å². The van der Waals surface area contributed by atoms with E-state index in [1.807, 2.05) is 6.92 Å². The second-order valence-corrected chi connectivity index (χ2v) is 4.84. The van der Waals surface area contributed by atoms with Crippen LogP contribution in [0, 0.1) is 11.8 Å². The molecule has 3 nitrogen and oxygen atoms in total. The number of amides is 1. The number of hydrogen-bond donors (Lipinski definition) is 2. The predicted molar refractivity (Wildman–Crippen MR) is 62.4 cm³/mol. The van der Waals surface area contributed by atoms with Crippen LogP contribution >= 0.6 is 0 Å². The minimum Gasteiger partial charge on any atom is -0.368 e. The first-order valence-electron chi connectivity index (χ1n) is 6.16. The summed E-state index contributed by atoms with van der Waals surface area (Å²) in [6, 6.07) is -0.188. The lowest BCUT2D eigenvalue weighted by Gasteiger charge is -2.29. The fraction of sp³-hybridized carbons (Fsp3) is 0.917. The van der Waals surface area contributed by atoms with E-state index in [1.165, 1.54) is 32.1 Å². The van der Waals surface area contributed by atoms with Crippen LogP contribution in [-0.4, -0.2) is 18.5 Å². The summed E-state index contributed by atoms with van der Waals surface area (Å²) in [5.74, 6) is 1.39. The molecule has 15 heavy (non-hydrogen) atoms. The summed E-state index contributed by atoms with van der Waals surface area (Å²) in [6.07, 6.45) is 6.64. The van der Waals surface area contributed by atoms with Gasteiger partial charge in [0, 0.05) is 0 Å². The number of primary amides is 1. The van der Waals surface area contributed by atoms with Crippen LogP contribution < -0.4 is 11.1 Å². The molecule has 0 aromatic heterocycles. The Labute approximate surface area is 92.8 Å². The van der Waals surface area contributed by atoms with Crippen molar-refractivity contribution in [3.05, 3.63) is 0 Å². The summed E-state index contributed by atoms with van der Waals surface area (Å²) >= 11 is 0. The second-order valence-electron chi connectivity index (χ2n) is 4.84. The highest BCUT2D eigenvalue weighted by molar-refractivity contribution is 5.79. The number of carbonyl (C=O) groups excluding carboxylic acids is 1. The molecule has 88 valence electrons. The number of rotatable bonds is 5. The summed E-state index contributed by atoms with van der Waals surface area (Å²) in [7, 11) is 0. The quantitative estimate of drug-likeness (QED) is 0.728. The van der Waals surface area contributed by atoms with Crippen LogP contribution in [0.4, 0.5) is 0 Å². The van der Waals surface area contributed by atoms with Crippen molar-refractivity contribution in [1.82, 2.24) is 5.32 Å². The lowest BCUT2D eigenvalue weighted by molar-refractivity contribution is -0.119. The number of nitrogens with one attached hydrogen (secondary N) is 1. The molecule has 0 aromatic rings. The van der Waals surface area contributed by atoms with Crippen molar-refractivity contribution in [2.45, 2.75) is 52.0 Å². The fourth-order valence-electron chi connectivity index (χ4n) is 2.40. The van der Waals surface area contributed by atoms with Gasteiger partial charge in [0.15, 0.2) is 0 Å². The Morgan fingerprint density at radius 3 is 2.73 bits per heavy atom. The summed E-state index contributed by atoms with van der Waals surface area (Å²) < 4.78 is 0. The Balaban J connectivity index is 2.23. The minimum absolute atomic E-state index is 0.188. The molecule has 3 heteroatoms. The number of nitrogens with two attached hydrogens (primary N) is 1. The molecule has 3 N–H and O–H groups in total. The predicted octanol–water partition coefficient (Wildman–Crippen LogP) is 1.67. The van der Waals surface area contributed by atoms with Crippen molar-refractivity contribution >= 4 is 5.91 Å². The van der Waals surface area contributed by atoms with Crippen LogP contribution in [-0.2, 0) is 4.79 Å². The molecule has 0 spiro atoms. The van der Waals surface area contributed by atoms with Crippen molar-refractivity contribution in [2.75, 3.05) is 6.54 Å². The van der Waals surface area contributed by atoms with Crippen LogP contribution in [0.2, 0.25) is 0 Å². The van der Waals surface area contributed by atoms with E-state index in [4.69, 9.17) is 5.73 Å². The van der Waals surface area contributed by atoms with Crippen LogP contribution in [0.1, 0.15) is 46.0 Å². The Kier molecular flexibility index (Phi) is 5.09. The molecule has 1 aliphatic carbocycles. The number of carbonyl (C=O) groups is 1. The molecular formula is C12H24N2O.